The van der Waals surface area contributed by atoms with Crippen molar-refractivity contribution >= 4 is 0 Å². The van der Waals surface area contributed by atoms with E-state index in [-0.39, 0.29) is 11.1 Å². The summed E-state index contributed by atoms with van der Waals surface area (Å²) < 4.78 is 0. The Bertz CT molecular complexity index is 198. The molecule has 3 nitrogen and oxygen atoms in total. The number of piperazine rings is 1. The molecule has 1 heterocycles. The summed E-state index contributed by atoms with van der Waals surface area (Å²) >= 11 is 0. The number of hydrogen-bond acceptors (Lipinski definition) is 3. The van der Waals surface area contributed by atoms with Crippen LogP contribution in [0.5, 0.6) is 0 Å². The van der Waals surface area contributed by atoms with E-state index >= 15 is 0 Å². The summed E-state index contributed by atoms with van der Waals surface area (Å²) in [6, 6.07) is 0. The zero-order valence-electron chi connectivity index (χ0n) is 11.6. The molecule has 1 fully saturated rings. The molecule has 16 heavy (non-hydrogen) atoms. The zero-order valence-corrected chi connectivity index (χ0v) is 11.6. The molecule has 1 N–H and O–H groups in total. The lowest BCUT2D eigenvalue weighted by Gasteiger charge is -2.51. The molecule has 0 aromatic heterocycles. The molecule has 3 heteroatoms. The first-order valence-electron chi connectivity index (χ1n) is 6.54. The molecule has 0 aliphatic carbocycles. The fourth-order valence-electron chi connectivity index (χ4n) is 2.49. The summed E-state index contributed by atoms with van der Waals surface area (Å²) in [6.45, 7) is 14.0. The van der Waals surface area contributed by atoms with Gasteiger partial charge in [-0.3, -0.25) is 4.84 Å². The lowest BCUT2D eigenvalue weighted by Crippen LogP contribution is -2.67. The SMILES string of the molecule is CCCCCON1C(C)(C)CNCC1(C)C. The number of nitrogens with one attached hydrogen (secondary N) is 1. The van der Waals surface area contributed by atoms with Gasteiger partial charge in [-0.15, -0.1) is 0 Å². The molecule has 1 rings (SSSR count). The Morgan fingerprint density at radius 3 is 2.12 bits per heavy atom. The van der Waals surface area contributed by atoms with Crippen molar-refractivity contribution in [3.8, 4) is 0 Å². The highest BCUT2D eigenvalue weighted by atomic mass is 16.7. The van der Waals surface area contributed by atoms with Gasteiger partial charge >= 0.3 is 0 Å². The molecule has 1 saturated heterocycles. The van der Waals surface area contributed by atoms with Gasteiger partial charge in [0.25, 0.3) is 0 Å². The first-order valence-corrected chi connectivity index (χ1v) is 6.54. The lowest BCUT2D eigenvalue weighted by atomic mass is 9.92. The lowest BCUT2D eigenvalue weighted by molar-refractivity contribution is -0.274. The molecule has 0 aromatic rings. The predicted octanol–water partition coefficient (Wildman–Crippen LogP) is 2.57. The normalized spacial score (nSPS) is 24.6. The van der Waals surface area contributed by atoms with Gasteiger partial charge < -0.3 is 5.32 Å². The van der Waals surface area contributed by atoms with E-state index in [0.29, 0.717) is 0 Å². The van der Waals surface area contributed by atoms with E-state index in [1.54, 1.807) is 0 Å². The first-order chi connectivity index (χ1) is 7.40. The molecule has 0 aromatic carbocycles. The Balaban J connectivity index is 2.50. The summed E-state index contributed by atoms with van der Waals surface area (Å²) in [7, 11) is 0. The van der Waals surface area contributed by atoms with Crippen LogP contribution in [0.15, 0.2) is 0 Å². The number of hydroxylamine groups is 2. The van der Waals surface area contributed by atoms with Crippen LogP contribution in [-0.2, 0) is 4.84 Å². The fraction of sp³-hybridized carbons (Fsp3) is 1.00. The van der Waals surface area contributed by atoms with E-state index in [0.717, 1.165) is 26.1 Å². The highest BCUT2D eigenvalue weighted by Crippen LogP contribution is 2.28. The van der Waals surface area contributed by atoms with Gasteiger partial charge in [0, 0.05) is 13.1 Å². The molecule has 0 unspecified atom stereocenters. The van der Waals surface area contributed by atoms with Gasteiger partial charge in [0.15, 0.2) is 0 Å². The van der Waals surface area contributed by atoms with E-state index in [2.05, 4.69) is 45.0 Å². The monoisotopic (exact) mass is 228 g/mol. The molecular formula is C13H28N2O. The predicted molar refractivity (Wildman–Crippen MR) is 68.3 cm³/mol. The minimum Gasteiger partial charge on any atom is -0.313 e. The molecule has 0 radical (unpaired) electrons. The molecule has 0 atom stereocenters. The van der Waals surface area contributed by atoms with Crippen molar-refractivity contribution in [2.75, 3.05) is 19.7 Å². The third-order valence-corrected chi connectivity index (χ3v) is 3.18. The Labute approximate surface area is 100 Å². The van der Waals surface area contributed by atoms with Crippen LogP contribution >= 0.6 is 0 Å². The minimum absolute atomic E-state index is 0.0773. The average Bonchev–Trinajstić information content (AvgIpc) is 2.14. The smallest absolute Gasteiger partial charge is 0.0685 e. The Hall–Kier alpha value is -0.120. The van der Waals surface area contributed by atoms with Crippen molar-refractivity contribution in [2.45, 2.75) is 65.0 Å². The maximum Gasteiger partial charge on any atom is 0.0685 e. The molecule has 96 valence electrons. The number of unbranched alkanes of at least 4 members (excludes halogenated alkanes) is 2. The maximum atomic E-state index is 6.01. The molecule has 0 amide bonds. The van der Waals surface area contributed by atoms with E-state index in [4.69, 9.17) is 4.84 Å². The van der Waals surface area contributed by atoms with Crippen LogP contribution in [0.25, 0.3) is 0 Å². The highest BCUT2D eigenvalue weighted by molar-refractivity contribution is 4.95. The van der Waals surface area contributed by atoms with Crippen LogP contribution in [0.3, 0.4) is 0 Å². The molecule has 0 bridgehead atoms. The van der Waals surface area contributed by atoms with Crippen LogP contribution in [0.2, 0.25) is 0 Å². The molecular weight excluding hydrogens is 200 g/mol. The van der Waals surface area contributed by atoms with Crippen molar-refractivity contribution in [1.29, 1.82) is 0 Å². The third-order valence-electron chi connectivity index (χ3n) is 3.18. The standard InChI is InChI=1S/C13H28N2O/c1-6-7-8-9-16-15-12(2,3)10-14-11-13(15,4)5/h14H,6-11H2,1-5H3. The summed E-state index contributed by atoms with van der Waals surface area (Å²) in [5.74, 6) is 0. The van der Waals surface area contributed by atoms with E-state index < -0.39 is 0 Å². The number of rotatable bonds is 5. The van der Waals surface area contributed by atoms with E-state index in [9.17, 15) is 0 Å². The third kappa shape index (κ3) is 3.44. The number of hydrogen-bond donors (Lipinski definition) is 1. The summed E-state index contributed by atoms with van der Waals surface area (Å²) in [5, 5.41) is 5.68. The van der Waals surface area contributed by atoms with Gasteiger partial charge in [-0.2, -0.15) is 5.06 Å². The average molecular weight is 228 g/mol. The van der Waals surface area contributed by atoms with Crippen molar-refractivity contribution in [3.63, 3.8) is 0 Å². The Kier molecular flexibility index (Phi) is 4.77. The van der Waals surface area contributed by atoms with Crippen molar-refractivity contribution in [2.24, 2.45) is 0 Å². The van der Waals surface area contributed by atoms with Gasteiger partial charge in [0.1, 0.15) is 0 Å². The van der Waals surface area contributed by atoms with Crippen LogP contribution in [0.1, 0.15) is 53.9 Å². The van der Waals surface area contributed by atoms with Crippen molar-refractivity contribution in [1.82, 2.24) is 10.4 Å². The molecule has 0 saturated carbocycles. The summed E-state index contributed by atoms with van der Waals surface area (Å²) in [5.41, 5.74) is 0.155. The summed E-state index contributed by atoms with van der Waals surface area (Å²) in [4.78, 5) is 6.01. The maximum absolute atomic E-state index is 6.01. The van der Waals surface area contributed by atoms with E-state index in [1.807, 2.05) is 0 Å². The van der Waals surface area contributed by atoms with Gasteiger partial charge in [-0.1, -0.05) is 19.8 Å². The Morgan fingerprint density at radius 1 is 1.06 bits per heavy atom. The van der Waals surface area contributed by atoms with Crippen molar-refractivity contribution < 1.29 is 4.84 Å². The largest absolute Gasteiger partial charge is 0.313 e. The van der Waals surface area contributed by atoms with Gasteiger partial charge in [-0.05, 0) is 34.1 Å². The summed E-state index contributed by atoms with van der Waals surface area (Å²) in [6.07, 6.45) is 3.66. The molecule has 1 aliphatic heterocycles. The van der Waals surface area contributed by atoms with Crippen molar-refractivity contribution in [3.05, 3.63) is 0 Å². The Morgan fingerprint density at radius 2 is 1.62 bits per heavy atom. The number of nitrogens with zero attached hydrogens (tertiary/aromatic N) is 1. The second-order valence-corrected chi connectivity index (χ2v) is 6.06. The van der Waals surface area contributed by atoms with Gasteiger partial charge in [-0.25, -0.2) is 0 Å². The quantitative estimate of drug-likeness (QED) is 0.732. The van der Waals surface area contributed by atoms with Crippen LogP contribution in [-0.4, -0.2) is 35.8 Å². The van der Waals surface area contributed by atoms with Crippen LogP contribution < -0.4 is 5.32 Å². The van der Waals surface area contributed by atoms with Gasteiger partial charge in [0.05, 0.1) is 17.7 Å². The van der Waals surface area contributed by atoms with Crippen LogP contribution in [0.4, 0.5) is 0 Å². The van der Waals surface area contributed by atoms with E-state index in [1.165, 1.54) is 12.8 Å². The zero-order chi connectivity index (χ0) is 12.2. The second-order valence-electron chi connectivity index (χ2n) is 6.06. The molecule has 0 spiro atoms. The van der Waals surface area contributed by atoms with Crippen LogP contribution in [0, 0.1) is 0 Å². The minimum atomic E-state index is 0.0773. The fourth-order valence-corrected chi connectivity index (χ4v) is 2.49. The highest BCUT2D eigenvalue weighted by Gasteiger charge is 2.42. The van der Waals surface area contributed by atoms with Gasteiger partial charge in [0.2, 0.25) is 0 Å². The second kappa shape index (κ2) is 5.48. The topological polar surface area (TPSA) is 24.5 Å². The molecule has 1 aliphatic rings. The first kappa shape index (κ1) is 13.9.